The van der Waals surface area contributed by atoms with Gasteiger partial charge in [0.25, 0.3) is 11.8 Å². The molecule has 2 aromatic rings. The van der Waals surface area contributed by atoms with E-state index in [-0.39, 0.29) is 11.8 Å². The molecule has 1 aliphatic heterocycles. The van der Waals surface area contributed by atoms with E-state index in [9.17, 15) is 9.59 Å². The third-order valence-electron chi connectivity index (χ3n) is 4.21. The van der Waals surface area contributed by atoms with Crippen LogP contribution in [0.3, 0.4) is 0 Å². The lowest BCUT2D eigenvalue weighted by Crippen LogP contribution is -2.35. The SMILES string of the molecule is O=C(NCc1cccnc1)c1ccc(C(=O)N2CCCCC2)cc1. The molecular weight excluding hydrogens is 302 g/mol. The number of piperidine rings is 1. The Bertz CT molecular complexity index is 692. The van der Waals surface area contributed by atoms with E-state index in [1.54, 1.807) is 36.7 Å². The van der Waals surface area contributed by atoms with Crippen LogP contribution in [0.2, 0.25) is 0 Å². The van der Waals surface area contributed by atoms with Crippen LogP contribution in [-0.2, 0) is 6.54 Å². The second-order valence-corrected chi connectivity index (χ2v) is 5.97. The molecule has 0 radical (unpaired) electrons. The van der Waals surface area contributed by atoms with Gasteiger partial charge in [0.1, 0.15) is 0 Å². The second kappa shape index (κ2) is 7.73. The number of benzene rings is 1. The van der Waals surface area contributed by atoms with Crippen LogP contribution in [-0.4, -0.2) is 34.8 Å². The van der Waals surface area contributed by atoms with E-state index in [0.29, 0.717) is 17.7 Å². The molecule has 0 aliphatic carbocycles. The Morgan fingerprint density at radius 2 is 1.71 bits per heavy atom. The molecular formula is C19H21N3O2. The fraction of sp³-hybridized carbons (Fsp3) is 0.316. The molecule has 0 spiro atoms. The molecule has 1 aromatic heterocycles. The van der Waals surface area contributed by atoms with E-state index in [4.69, 9.17) is 0 Å². The summed E-state index contributed by atoms with van der Waals surface area (Å²) >= 11 is 0. The molecule has 2 amide bonds. The summed E-state index contributed by atoms with van der Waals surface area (Å²) in [7, 11) is 0. The van der Waals surface area contributed by atoms with E-state index in [2.05, 4.69) is 10.3 Å². The summed E-state index contributed by atoms with van der Waals surface area (Å²) in [4.78, 5) is 30.5. The van der Waals surface area contributed by atoms with Crippen LogP contribution in [0.5, 0.6) is 0 Å². The minimum Gasteiger partial charge on any atom is -0.348 e. The van der Waals surface area contributed by atoms with Crippen molar-refractivity contribution in [3.63, 3.8) is 0 Å². The first kappa shape index (κ1) is 16.2. The molecule has 1 saturated heterocycles. The smallest absolute Gasteiger partial charge is 0.253 e. The van der Waals surface area contributed by atoms with Gasteiger partial charge in [-0.05, 0) is 55.2 Å². The normalized spacial score (nSPS) is 14.2. The molecule has 2 heterocycles. The molecule has 1 fully saturated rings. The third kappa shape index (κ3) is 3.98. The van der Waals surface area contributed by atoms with Crippen molar-refractivity contribution >= 4 is 11.8 Å². The third-order valence-corrected chi connectivity index (χ3v) is 4.21. The minimum absolute atomic E-state index is 0.0528. The summed E-state index contributed by atoms with van der Waals surface area (Å²) in [5.74, 6) is -0.104. The summed E-state index contributed by atoms with van der Waals surface area (Å²) in [6.45, 7) is 2.08. The van der Waals surface area contributed by atoms with Gasteiger partial charge in [0.15, 0.2) is 0 Å². The molecule has 0 unspecified atom stereocenters. The zero-order chi connectivity index (χ0) is 16.8. The number of pyridine rings is 1. The Hall–Kier alpha value is -2.69. The molecule has 5 nitrogen and oxygen atoms in total. The van der Waals surface area contributed by atoms with Crippen molar-refractivity contribution in [3.05, 3.63) is 65.5 Å². The van der Waals surface area contributed by atoms with Crippen molar-refractivity contribution in [2.45, 2.75) is 25.8 Å². The van der Waals surface area contributed by atoms with Crippen molar-refractivity contribution < 1.29 is 9.59 Å². The number of carbonyl (C=O) groups is 2. The van der Waals surface area contributed by atoms with E-state index in [0.717, 1.165) is 31.5 Å². The lowest BCUT2D eigenvalue weighted by atomic mass is 10.1. The van der Waals surface area contributed by atoms with Crippen LogP contribution >= 0.6 is 0 Å². The van der Waals surface area contributed by atoms with Crippen molar-refractivity contribution in [2.75, 3.05) is 13.1 Å². The first-order valence-electron chi connectivity index (χ1n) is 8.30. The summed E-state index contributed by atoms with van der Waals surface area (Å²) in [6.07, 6.45) is 6.75. The fourth-order valence-electron chi connectivity index (χ4n) is 2.83. The Morgan fingerprint density at radius 1 is 1.00 bits per heavy atom. The minimum atomic E-state index is -0.157. The Balaban J connectivity index is 1.59. The van der Waals surface area contributed by atoms with Crippen molar-refractivity contribution in [1.29, 1.82) is 0 Å². The first-order valence-corrected chi connectivity index (χ1v) is 8.30. The lowest BCUT2D eigenvalue weighted by Gasteiger charge is -2.26. The zero-order valence-corrected chi connectivity index (χ0v) is 13.6. The topological polar surface area (TPSA) is 62.3 Å². The number of aromatic nitrogens is 1. The summed E-state index contributed by atoms with van der Waals surface area (Å²) in [5, 5.41) is 2.85. The summed E-state index contributed by atoms with van der Waals surface area (Å²) in [6, 6.07) is 10.6. The van der Waals surface area contributed by atoms with Crippen LogP contribution in [0.25, 0.3) is 0 Å². The molecule has 0 atom stereocenters. The molecule has 1 aromatic carbocycles. The van der Waals surface area contributed by atoms with Gasteiger partial charge >= 0.3 is 0 Å². The largest absolute Gasteiger partial charge is 0.348 e. The molecule has 3 rings (SSSR count). The molecule has 5 heteroatoms. The maximum absolute atomic E-state index is 12.4. The van der Waals surface area contributed by atoms with E-state index in [1.807, 2.05) is 17.0 Å². The van der Waals surface area contributed by atoms with E-state index < -0.39 is 0 Å². The highest BCUT2D eigenvalue weighted by atomic mass is 16.2. The number of hydrogen-bond acceptors (Lipinski definition) is 3. The highest BCUT2D eigenvalue weighted by molar-refractivity contribution is 5.97. The maximum atomic E-state index is 12.4. The monoisotopic (exact) mass is 323 g/mol. The molecule has 0 bridgehead atoms. The zero-order valence-electron chi connectivity index (χ0n) is 13.6. The summed E-state index contributed by atoms with van der Waals surface area (Å²) < 4.78 is 0. The van der Waals surface area contributed by atoms with Gasteiger partial charge in [0.05, 0.1) is 0 Å². The Kier molecular flexibility index (Phi) is 5.21. The summed E-state index contributed by atoms with van der Waals surface area (Å²) in [5.41, 5.74) is 2.14. The molecule has 124 valence electrons. The Labute approximate surface area is 141 Å². The Morgan fingerprint density at radius 3 is 2.38 bits per heavy atom. The number of nitrogens with one attached hydrogen (secondary N) is 1. The van der Waals surface area contributed by atoms with Crippen LogP contribution in [0.1, 0.15) is 45.5 Å². The van der Waals surface area contributed by atoms with Crippen LogP contribution in [0, 0.1) is 0 Å². The van der Waals surface area contributed by atoms with E-state index in [1.165, 1.54) is 6.42 Å². The van der Waals surface area contributed by atoms with Crippen molar-refractivity contribution in [2.24, 2.45) is 0 Å². The highest BCUT2D eigenvalue weighted by Crippen LogP contribution is 2.14. The first-order chi connectivity index (χ1) is 11.7. The van der Waals surface area contributed by atoms with Gasteiger partial charge in [-0.25, -0.2) is 0 Å². The van der Waals surface area contributed by atoms with Crippen molar-refractivity contribution in [3.8, 4) is 0 Å². The average Bonchev–Trinajstić information content (AvgIpc) is 2.67. The molecule has 0 saturated carbocycles. The van der Waals surface area contributed by atoms with Gasteiger partial charge in [-0.15, -0.1) is 0 Å². The highest BCUT2D eigenvalue weighted by Gasteiger charge is 2.18. The van der Waals surface area contributed by atoms with Crippen LogP contribution in [0.15, 0.2) is 48.8 Å². The fourth-order valence-corrected chi connectivity index (χ4v) is 2.83. The molecule has 24 heavy (non-hydrogen) atoms. The number of nitrogens with zero attached hydrogens (tertiary/aromatic N) is 2. The van der Waals surface area contributed by atoms with Gasteiger partial charge < -0.3 is 10.2 Å². The van der Waals surface area contributed by atoms with Crippen molar-refractivity contribution in [1.82, 2.24) is 15.2 Å². The lowest BCUT2D eigenvalue weighted by molar-refractivity contribution is 0.0724. The van der Waals surface area contributed by atoms with Gasteiger partial charge in [0.2, 0.25) is 0 Å². The number of likely N-dealkylation sites (tertiary alicyclic amines) is 1. The van der Waals surface area contributed by atoms with Gasteiger partial charge in [-0.3, -0.25) is 14.6 Å². The molecule has 1 aliphatic rings. The predicted molar refractivity (Wildman–Crippen MR) is 91.6 cm³/mol. The van der Waals surface area contributed by atoms with E-state index >= 15 is 0 Å². The van der Waals surface area contributed by atoms with Crippen LogP contribution in [0.4, 0.5) is 0 Å². The number of amides is 2. The number of carbonyl (C=O) groups excluding carboxylic acids is 2. The quantitative estimate of drug-likeness (QED) is 0.941. The average molecular weight is 323 g/mol. The predicted octanol–water partition coefficient (Wildman–Crippen LogP) is 2.64. The van der Waals surface area contributed by atoms with Gasteiger partial charge in [-0.2, -0.15) is 0 Å². The van der Waals surface area contributed by atoms with Crippen LogP contribution < -0.4 is 5.32 Å². The second-order valence-electron chi connectivity index (χ2n) is 5.97. The maximum Gasteiger partial charge on any atom is 0.253 e. The van der Waals surface area contributed by atoms with Gasteiger partial charge in [0, 0.05) is 43.2 Å². The number of rotatable bonds is 4. The molecule has 1 N–H and O–H groups in total. The van der Waals surface area contributed by atoms with Gasteiger partial charge in [-0.1, -0.05) is 6.07 Å². The number of hydrogen-bond donors (Lipinski definition) is 1. The standard InChI is InChI=1S/C19H21N3O2/c23-18(21-14-15-5-4-10-20-13-15)16-6-8-17(9-7-16)19(24)22-11-2-1-3-12-22/h4-10,13H,1-3,11-12,14H2,(H,21,23).